The fourth-order valence-corrected chi connectivity index (χ4v) is 2.47. The van der Waals surface area contributed by atoms with E-state index < -0.39 is 5.82 Å². The van der Waals surface area contributed by atoms with Crippen molar-refractivity contribution in [2.24, 2.45) is 10.2 Å². The van der Waals surface area contributed by atoms with Crippen LogP contribution in [0.3, 0.4) is 0 Å². The molecule has 0 amide bonds. The third-order valence-electron chi connectivity index (χ3n) is 3.49. The van der Waals surface area contributed by atoms with Gasteiger partial charge in [0.25, 0.3) is 0 Å². The number of benzene rings is 1. The van der Waals surface area contributed by atoms with Crippen molar-refractivity contribution in [1.82, 2.24) is 9.38 Å². The third-order valence-corrected chi connectivity index (χ3v) is 3.78. The minimum absolute atomic E-state index is 0.0271. The van der Waals surface area contributed by atoms with E-state index in [2.05, 4.69) is 29.1 Å². The van der Waals surface area contributed by atoms with E-state index in [1.54, 1.807) is 0 Å². The molecule has 0 aliphatic rings. The van der Waals surface area contributed by atoms with Gasteiger partial charge in [-0.1, -0.05) is 25.4 Å². The van der Waals surface area contributed by atoms with E-state index in [0.717, 1.165) is 16.9 Å². The van der Waals surface area contributed by atoms with E-state index in [9.17, 15) is 4.39 Å². The van der Waals surface area contributed by atoms with Crippen molar-refractivity contribution in [2.45, 2.75) is 26.7 Å². The van der Waals surface area contributed by atoms with Crippen LogP contribution in [0.5, 0.6) is 0 Å². The quantitative estimate of drug-likeness (QED) is 0.545. The largest absolute Gasteiger partial charge is 0.283 e. The number of halogens is 2. The molecule has 118 valence electrons. The Hall–Kier alpha value is -2.27. The second kappa shape index (κ2) is 6.08. The molecule has 0 fully saturated rings. The first-order valence-corrected chi connectivity index (χ1v) is 7.69. The molecule has 0 atom stereocenters. The summed E-state index contributed by atoms with van der Waals surface area (Å²) in [6, 6.07) is 8.25. The molecule has 4 nitrogen and oxygen atoms in total. The molecule has 1 aromatic carbocycles. The molecule has 0 saturated carbocycles. The molecule has 0 saturated heterocycles. The van der Waals surface area contributed by atoms with Crippen LogP contribution in [0, 0.1) is 12.7 Å². The Kier molecular flexibility index (Phi) is 4.13. The van der Waals surface area contributed by atoms with Gasteiger partial charge in [0.05, 0.1) is 16.4 Å². The Labute approximate surface area is 138 Å². The maximum atomic E-state index is 13.2. The van der Waals surface area contributed by atoms with Crippen molar-refractivity contribution in [3.8, 4) is 0 Å². The van der Waals surface area contributed by atoms with Crippen LogP contribution in [-0.4, -0.2) is 9.38 Å². The molecule has 23 heavy (non-hydrogen) atoms. The summed E-state index contributed by atoms with van der Waals surface area (Å²) >= 11 is 5.77. The zero-order valence-electron chi connectivity index (χ0n) is 13.1. The van der Waals surface area contributed by atoms with E-state index in [0.29, 0.717) is 11.5 Å². The van der Waals surface area contributed by atoms with Gasteiger partial charge < -0.3 is 0 Å². The standard InChI is InChI=1S/C17H16ClFN4/c1-10(2)16-17(23-7-6-11(3)8-15(23)20-16)22-21-12-4-5-14(19)13(18)9-12/h4-10H,1-3H3. The highest BCUT2D eigenvalue weighted by atomic mass is 35.5. The summed E-state index contributed by atoms with van der Waals surface area (Å²) in [4.78, 5) is 4.64. The Morgan fingerprint density at radius 3 is 2.65 bits per heavy atom. The van der Waals surface area contributed by atoms with Crippen molar-refractivity contribution >= 4 is 28.8 Å². The highest BCUT2D eigenvalue weighted by molar-refractivity contribution is 6.30. The number of aromatic nitrogens is 2. The normalized spacial score (nSPS) is 11.9. The number of aryl methyl sites for hydroxylation is 1. The lowest BCUT2D eigenvalue weighted by molar-refractivity contribution is 0.628. The minimum atomic E-state index is -0.473. The summed E-state index contributed by atoms with van der Waals surface area (Å²) in [5.41, 5.74) is 3.33. The summed E-state index contributed by atoms with van der Waals surface area (Å²) < 4.78 is 15.1. The highest BCUT2D eigenvalue weighted by Crippen LogP contribution is 2.30. The Morgan fingerprint density at radius 1 is 1.17 bits per heavy atom. The monoisotopic (exact) mass is 330 g/mol. The number of hydrogen-bond donors (Lipinski definition) is 0. The molecule has 2 aromatic heterocycles. The van der Waals surface area contributed by atoms with Crippen LogP contribution in [0.25, 0.3) is 5.65 Å². The van der Waals surface area contributed by atoms with E-state index in [1.807, 2.05) is 29.7 Å². The number of nitrogens with zero attached hydrogens (tertiary/aromatic N) is 4. The Balaban J connectivity index is 2.08. The summed E-state index contributed by atoms with van der Waals surface area (Å²) in [7, 11) is 0. The summed E-state index contributed by atoms with van der Waals surface area (Å²) in [5, 5.41) is 8.54. The number of imidazole rings is 1. The first-order valence-electron chi connectivity index (χ1n) is 7.31. The smallest absolute Gasteiger partial charge is 0.183 e. The van der Waals surface area contributed by atoms with Gasteiger partial charge in [-0.3, -0.25) is 4.40 Å². The second-order valence-electron chi connectivity index (χ2n) is 5.71. The van der Waals surface area contributed by atoms with Gasteiger partial charge in [0.2, 0.25) is 0 Å². The van der Waals surface area contributed by atoms with Crippen molar-refractivity contribution in [1.29, 1.82) is 0 Å². The van der Waals surface area contributed by atoms with Crippen molar-refractivity contribution < 1.29 is 4.39 Å². The van der Waals surface area contributed by atoms with E-state index in [4.69, 9.17) is 11.6 Å². The van der Waals surface area contributed by atoms with Crippen LogP contribution in [0.4, 0.5) is 15.9 Å². The van der Waals surface area contributed by atoms with Gasteiger partial charge >= 0.3 is 0 Å². The van der Waals surface area contributed by atoms with Crippen LogP contribution in [-0.2, 0) is 0 Å². The van der Waals surface area contributed by atoms with Crippen LogP contribution < -0.4 is 0 Å². The number of rotatable bonds is 3. The lowest BCUT2D eigenvalue weighted by Gasteiger charge is -2.02. The zero-order valence-corrected chi connectivity index (χ0v) is 13.8. The first kappa shape index (κ1) is 15.6. The summed E-state index contributed by atoms with van der Waals surface area (Å²) in [6.07, 6.45) is 1.93. The fraction of sp³-hybridized carbons (Fsp3) is 0.235. The molecule has 0 radical (unpaired) electrons. The van der Waals surface area contributed by atoms with Gasteiger partial charge in [-0.15, -0.1) is 10.2 Å². The average molecular weight is 331 g/mol. The number of pyridine rings is 1. The highest BCUT2D eigenvalue weighted by Gasteiger charge is 2.15. The Bertz CT molecular complexity index is 899. The second-order valence-corrected chi connectivity index (χ2v) is 6.11. The molecule has 0 N–H and O–H groups in total. The zero-order chi connectivity index (χ0) is 16.6. The van der Waals surface area contributed by atoms with Crippen molar-refractivity contribution in [3.05, 3.63) is 58.6 Å². The van der Waals surface area contributed by atoms with Gasteiger partial charge in [0, 0.05) is 6.20 Å². The lowest BCUT2D eigenvalue weighted by atomic mass is 10.1. The van der Waals surface area contributed by atoms with Crippen LogP contribution in [0.1, 0.15) is 31.0 Å². The molecule has 3 rings (SSSR count). The maximum absolute atomic E-state index is 13.2. The topological polar surface area (TPSA) is 42.0 Å². The number of fused-ring (bicyclic) bond motifs is 1. The Morgan fingerprint density at radius 2 is 1.96 bits per heavy atom. The predicted octanol–water partition coefficient (Wildman–Crippen LogP) is 5.97. The van der Waals surface area contributed by atoms with Crippen LogP contribution >= 0.6 is 11.6 Å². The molecule has 0 aliphatic carbocycles. The number of hydrogen-bond acceptors (Lipinski definition) is 3. The molecular formula is C17H16ClFN4. The minimum Gasteiger partial charge on any atom is -0.283 e. The van der Waals surface area contributed by atoms with Crippen molar-refractivity contribution in [3.63, 3.8) is 0 Å². The molecule has 3 aromatic rings. The molecule has 0 spiro atoms. The van der Waals surface area contributed by atoms with E-state index in [-0.39, 0.29) is 10.9 Å². The van der Waals surface area contributed by atoms with Gasteiger partial charge in [0.1, 0.15) is 11.5 Å². The predicted molar refractivity (Wildman–Crippen MR) is 89.6 cm³/mol. The van der Waals surface area contributed by atoms with Gasteiger partial charge in [-0.05, 0) is 48.7 Å². The van der Waals surface area contributed by atoms with Gasteiger partial charge in [-0.25, -0.2) is 9.37 Å². The van der Waals surface area contributed by atoms with Gasteiger partial charge in [-0.2, -0.15) is 0 Å². The number of azo groups is 1. The lowest BCUT2D eigenvalue weighted by Crippen LogP contribution is -1.87. The molecular weight excluding hydrogens is 315 g/mol. The van der Waals surface area contributed by atoms with Crippen LogP contribution in [0.15, 0.2) is 46.8 Å². The molecule has 6 heteroatoms. The average Bonchev–Trinajstić information content (AvgIpc) is 2.86. The van der Waals surface area contributed by atoms with Crippen molar-refractivity contribution in [2.75, 3.05) is 0 Å². The molecule has 0 aliphatic heterocycles. The summed E-state index contributed by atoms with van der Waals surface area (Å²) in [6.45, 7) is 6.14. The molecule has 0 bridgehead atoms. The maximum Gasteiger partial charge on any atom is 0.183 e. The van der Waals surface area contributed by atoms with E-state index in [1.165, 1.54) is 18.2 Å². The SMILES string of the molecule is Cc1ccn2c(N=Nc3ccc(F)c(Cl)c3)c(C(C)C)nc2c1. The van der Waals surface area contributed by atoms with Gasteiger partial charge in [0.15, 0.2) is 5.82 Å². The molecule has 0 unspecified atom stereocenters. The fourth-order valence-electron chi connectivity index (χ4n) is 2.29. The summed E-state index contributed by atoms with van der Waals surface area (Å²) in [5.74, 6) is 0.412. The van der Waals surface area contributed by atoms with E-state index >= 15 is 0 Å². The van der Waals surface area contributed by atoms with Crippen LogP contribution in [0.2, 0.25) is 5.02 Å². The third kappa shape index (κ3) is 3.10. The first-order chi connectivity index (χ1) is 11.0. The molecule has 2 heterocycles.